The molecule has 4 aliphatic rings. The van der Waals surface area contributed by atoms with Crippen molar-refractivity contribution in [1.29, 1.82) is 0 Å². The Kier molecular flexibility index (Phi) is 6.42. The number of amides is 1. The number of nitrogens with two attached hydrogens (primary N) is 1. The van der Waals surface area contributed by atoms with Crippen molar-refractivity contribution < 1.29 is 27.3 Å². The molecule has 1 unspecified atom stereocenters. The number of allylic oxidation sites excluding steroid dienone is 1. The second kappa shape index (κ2) is 9.79. The maximum absolute atomic E-state index is 13.0. The molecule has 6 rings (SSSR count). The van der Waals surface area contributed by atoms with Crippen molar-refractivity contribution in [2.75, 3.05) is 31.6 Å². The lowest BCUT2D eigenvalue weighted by atomic mass is 10.1. The Balaban J connectivity index is 1.22. The molecule has 2 fully saturated rings. The molecular formula is C27H27F3N7O2+. The number of quaternary nitrogens is 1. The second-order valence-electron chi connectivity index (χ2n) is 10.1. The van der Waals surface area contributed by atoms with Crippen LogP contribution in [-0.4, -0.2) is 64.8 Å². The standard InChI is InChI=1S/C27H26F3N7O2/c28-27(29,30)20-7-8-33-23(13-20)34-26(38)19-5-3-18(4-6-19)25-35-24(21-14-32-9-11-37(21,25)31)22-16-36(10-12-39-22)15-17-1-2-17/h3-9,11,13-14,17,22H,1-2,10,12,15-16,31H2/p+1/t22-,37?/m1/s1. The summed E-state index contributed by atoms with van der Waals surface area (Å²) in [4.78, 5) is 28.2. The van der Waals surface area contributed by atoms with E-state index in [4.69, 9.17) is 15.6 Å². The van der Waals surface area contributed by atoms with Crippen molar-refractivity contribution in [2.45, 2.75) is 25.1 Å². The highest BCUT2D eigenvalue weighted by Gasteiger charge is 2.47. The van der Waals surface area contributed by atoms with E-state index in [9.17, 15) is 18.0 Å². The minimum atomic E-state index is -4.54. The zero-order valence-corrected chi connectivity index (χ0v) is 20.9. The topological polar surface area (TPSA) is 105 Å². The molecule has 1 aromatic heterocycles. The minimum Gasteiger partial charge on any atom is -0.369 e. The Labute approximate surface area is 222 Å². The van der Waals surface area contributed by atoms with E-state index < -0.39 is 17.6 Å². The molecule has 39 heavy (non-hydrogen) atoms. The molecule has 0 radical (unpaired) electrons. The Hall–Kier alpha value is -3.71. The quantitative estimate of drug-likeness (QED) is 0.431. The molecule has 1 saturated heterocycles. The molecule has 0 spiro atoms. The Bertz CT molecular complexity index is 1410. The van der Waals surface area contributed by atoms with Gasteiger partial charge in [-0.25, -0.2) is 4.98 Å². The summed E-state index contributed by atoms with van der Waals surface area (Å²) in [5.41, 5.74) is 1.50. The predicted octanol–water partition coefficient (Wildman–Crippen LogP) is 3.68. The molecule has 1 aromatic carbocycles. The van der Waals surface area contributed by atoms with Gasteiger partial charge in [0.25, 0.3) is 11.7 Å². The van der Waals surface area contributed by atoms with Crippen LogP contribution in [0, 0.1) is 5.92 Å². The van der Waals surface area contributed by atoms with Gasteiger partial charge in [0.15, 0.2) is 0 Å². The number of nitrogens with one attached hydrogen (secondary N) is 1. The van der Waals surface area contributed by atoms with Crippen molar-refractivity contribution in [3.05, 3.63) is 83.1 Å². The molecule has 9 nitrogen and oxygen atoms in total. The summed E-state index contributed by atoms with van der Waals surface area (Å²) in [7, 11) is 0. The summed E-state index contributed by atoms with van der Waals surface area (Å²) >= 11 is 0. The van der Waals surface area contributed by atoms with Crippen molar-refractivity contribution >= 4 is 23.8 Å². The zero-order valence-electron chi connectivity index (χ0n) is 20.9. The third kappa shape index (κ3) is 5.15. The van der Waals surface area contributed by atoms with Crippen LogP contribution >= 0.6 is 0 Å². The smallest absolute Gasteiger partial charge is 0.369 e. The molecule has 12 heteroatoms. The average molecular weight is 539 g/mol. The fraction of sp³-hybridized carbons (Fsp3) is 0.333. The summed E-state index contributed by atoms with van der Waals surface area (Å²) in [6.07, 6.45) is 3.85. The van der Waals surface area contributed by atoms with Gasteiger partial charge in [0.05, 0.1) is 30.1 Å². The van der Waals surface area contributed by atoms with Crippen molar-refractivity contribution in [1.82, 2.24) is 9.88 Å². The number of hydrogen-bond donors (Lipinski definition) is 2. The number of anilines is 1. The lowest BCUT2D eigenvalue weighted by Crippen LogP contribution is -2.53. The number of aromatic nitrogens is 1. The molecule has 3 N–H and O–H groups in total. The first kappa shape index (κ1) is 25.6. The van der Waals surface area contributed by atoms with Gasteiger partial charge in [0.1, 0.15) is 23.8 Å². The van der Waals surface area contributed by atoms with E-state index in [0.29, 0.717) is 18.0 Å². The summed E-state index contributed by atoms with van der Waals surface area (Å²) in [6, 6.07) is 8.20. The van der Waals surface area contributed by atoms with Gasteiger partial charge in [-0.2, -0.15) is 24.0 Å². The summed E-state index contributed by atoms with van der Waals surface area (Å²) < 4.78 is 44.9. The maximum atomic E-state index is 13.0. The summed E-state index contributed by atoms with van der Waals surface area (Å²) in [5.74, 6) is 7.38. The third-order valence-corrected chi connectivity index (χ3v) is 7.23. The van der Waals surface area contributed by atoms with Gasteiger partial charge in [0.2, 0.25) is 5.70 Å². The minimum absolute atomic E-state index is 0.180. The maximum Gasteiger partial charge on any atom is 0.416 e. The number of carbonyl (C=O) groups is 1. The predicted molar refractivity (Wildman–Crippen MR) is 138 cm³/mol. The van der Waals surface area contributed by atoms with Crippen LogP contribution in [0.5, 0.6) is 0 Å². The number of nitrogens with zero attached hydrogens (tertiary/aromatic N) is 5. The van der Waals surface area contributed by atoms with Gasteiger partial charge < -0.3 is 10.1 Å². The van der Waals surface area contributed by atoms with Crippen molar-refractivity contribution in [3.63, 3.8) is 0 Å². The van der Waals surface area contributed by atoms with Gasteiger partial charge in [-0.15, -0.1) is 4.59 Å². The molecule has 1 amide bonds. The number of carbonyl (C=O) groups excluding carboxylic acids is 1. The van der Waals surface area contributed by atoms with E-state index in [0.717, 1.165) is 55.3 Å². The van der Waals surface area contributed by atoms with E-state index in [1.54, 1.807) is 42.9 Å². The van der Waals surface area contributed by atoms with Crippen LogP contribution < -0.4 is 11.2 Å². The first-order valence-electron chi connectivity index (χ1n) is 12.7. The van der Waals surface area contributed by atoms with E-state index >= 15 is 0 Å². The Morgan fingerprint density at radius 1 is 1.21 bits per heavy atom. The van der Waals surface area contributed by atoms with Gasteiger partial charge in [0, 0.05) is 31.4 Å². The SMILES string of the molecule is N[N+]12C=CN=CC1=C([C@H]1CN(CC3CC3)CCO1)N=C2c1ccc(C(=O)Nc2cc(C(F)(F)F)ccn2)cc1. The number of ether oxygens (including phenoxy) is 1. The van der Waals surface area contributed by atoms with Crippen molar-refractivity contribution in [2.24, 2.45) is 21.7 Å². The molecule has 202 valence electrons. The van der Waals surface area contributed by atoms with Crippen LogP contribution in [-0.2, 0) is 10.9 Å². The number of amidine groups is 1. The molecule has 0 bridgehead atoms. The number of pyridine rings is 1. The van der Waals surface area contributed by atoms with Crippen LogP contribution in [0.15, 0.2) is 76.4 Å². The lowest BCUT2D eigenvalue weighted by molar-refractivity contribution is -0.750. The molecule has 2 aromatic rings. The van der Waals surface area contributed by atoms with Crippen LogP contribution in [0.25, 0.3) is 0 Å². The van der Waals surface area contributed by atoms with E-state index in [2.05, 4.69) is 20.2 Å². The monoisotopic (exact) mass is 538 g/mol. The largest absolute Gasteiger partial charge is 0.416 e. The van der Waals surface area contributed by atoms with Gasteiger partial charge in [-0.3, -0.25) is 14.7 Å². The van der Waals surface area contributed by atoms with Gasteiger partial charge >= 0.3 is 6.18 Å². The molecule has 3 aliphatic heterocycles. The van der Waals surface area contributed by atoms with Crippen LogP contribution in [0.1, 0.15) is 34.3 Å². The molecular weight excluding hydrogens is 511 g/mol. The van der Waals surface area contributed by atoms with E-state index in [1.807, 2.05) is 0 Å². The van der Waals surface area contributed by atoms with Crippen LogP contribution in [0.3, 0.4) is 0 Å². The number of alkyl halides is 3. The highest BCUT2D eigenvalue weighted by molar-refractivity contribution is 6.05. The zero-order chi connectivity index (χ0) is 27.2. The van der Waals surface area contributed by atoms with Gasteiger partial charge in [-0.05, 0) is 55.2 Å². The summed E-state index contributed by atoms with van der Waals surface area (Å²) in [6.45, 7) is 3.30. The van der Waals surface area contributed by atoms with Crippen molar-refractivity contribution in [3.8, 4) is 0 Å². The van der Waals surface area contributed by atoms with Crippen LogP contribution in [0.4, 0.5) is 19.0 Å². The average Bonchev–Trinajstić information content (AvgIpc) is 3.68. The number of fused-ring (bicyclic) bond motifs is 1. The number of aliphatic imine (C=N–C) groups is 2. The highest BCUT2D eigenvalue weighted by atomic mass is 19.4. The first-order chi connectivity index (χ1) is 18.7. The molecule has 4 heterocycles. The fourth-order valence-corrected chi connectivity index (χ4v) is 4.98. The number of rotatable bonds is 6. The lowest BCUT2D eigenvalue weighted by Gasteiger charge is -2.33. The van der Waals surface area contributed by atoms with Gasteiger partial charge in [-0.1, -0.05) is 0 Å². The number of morpholine rings is 1. The summed E-state index contributed by atoms with van der Waals surface area (Å²) in [5, 5.41) is 2.42. The molecule has 1 saturated carbocycles. The Morgan fingerprint density at radius 3 is 2.74 bits per heavy atom. The van der Waals surface area contributed by atoms with E-state index in [1.165, 1.54) is 12.8 Å². The fourth-order valence-electron chi connectivity index (χ4n) is 4.98. The second-order valence-corrected chi connectivity index (χ2v) is 10.1. The highest BCUT2D eigenvalue weighted by Crippen LogP contribution is 2.35. The third-order valence-electron chi connectivity index (χ3n) is 7.23. The molecule has 2 atom stereocenters. The van der Waals surface area contributed by atoms with E-state index in [-0.39, 0.29) is 22.1 Å². The molecule has 1 aliphatic carbocycles. The Morgan fingerprint density at radius 2 is 2.00 bits per heavy atom. The number of halogens is 3. The first-order valence-corrected chi connectivity index (χ1v) is 12.7. The number of benzene rings is 1. The normalized spacial score (nSPS) is 25.0. The number of hydrogen-bond acceptors (Lipinski definition) is 7. The van der Waals surface area contributed by atoms with Crippen LogP contribution in [0.2, 0.25) is 0 Å².